The first kappa shape index (κ1) is 22.9. The largest absolute Gasteiger partial charge is 0.479 e. The average Bonchev–Trinajstić information content (AvgIpc) is 2.84. The number of hydrogen-bond donors (Lipinski definition) is 3. The van der Waals surface area contributed by atoms with Crippen LogP contribution in [-0.4, -0.2) is 29.6 Å². The number of benzene rings is 3. The number of nitriles is 1. The Bertz CT molecular complexity index is 1320. The first-order chi connectivity index (χ1) is 16.4. The third-order valence-corrected chi connectivity index (χ3v) is 6.01. The predicted molar refractivity (Wildman–Crippen MR) is 130 cm³/mol. The molecular formula is C25H20N4O4S. The van der Waals surface area contributed by atoms with Gasteiger partial charge in [-0.05, 0) is 55.5 Å². The molecule has 0 saturated carbocycles. The molecule has 1 atom stereocenters. The summed E-state index contributed by atoms with van der Waals surface area (Å²) in [6.45, 7) is 1.66. The maximum atomic E-state index is 13.0. The summed E-state index contributed by atoms with van der Waals surface area (Å²) in [5.41, 5.74) is 2.39. The second-order valence-corrected chi connectivity index (χ2v) is 8.46. The van der Waals surface area contributed by atoms with Crippen LogP contribution in [0.4, 0.5) is 17.1 Å². The molecule has 0 fully saturated rings. The minimum atomic E-state index is -0.579. The van der Waals surface area contributed by atoms with E-state index >= 15 is 0 Å². The molecule has 1 heterocycles. The number of nitrogens with one attached hydrogen (secondary N) is 3. The van der Waals surface area contributed by atoms with Gasteiger partial charge in [0, 0.05) is 16.3 Å². The van der Waals surface area contributed by atoms with Crippen LogP contribution in [0.2, 0.25) is 0 Å². The van der Waals surface area contributed by atoms with Crippen LogP contribution in [0, 0.1) is 11.3 Å². The zero-order chi connectivity index (χ0) is 24.1. The topological polar surface area (TPSA) is 120 Å². The Hall–Kier alpha value is -4.29. The normalized spacial score (nSPS) is 14.1. The van der Waals surface area contributed by atoms with Crippen LogP contribution in [0.3, 0.4) is 0 Å². The molecule has 1 aliphatic heterocycles. The van der Waals surface area contributed by atoms with Crippen molar-refractivity contribution in [2.24, 2.45) is 0 Å². The van der Waals surface area contributed by atoms with Crippen molar-refractivity contribution < 1.29 is 19.1 Å². The summed E-state index contributed by atoms with van der Waals surface area (Å²) in [7, 11) is 0. The van der Waals surface area contributed by atoms with Crippen LogP contribution in [0.15, 0.2) is 71.6 Å². The first-order valence-electron chi connectivity index (χ1n) is 10.4. The van der Waals surface area contributed by atoms with E-state index in [1.54, 1.807) is 73.7 Å². The van der Waals surface area contributed by atoms with Crippen molar-refractivity contribution in [1.29, 1.82) is 5.26 Å². The van der Waals surface area contributed by atoms with E-state index in [0.717, 1.165) is 0 Å². The number of rotatable bonds is 6. The molecule has 9 heteroatoms. The van der Waals surface area contributed by atoms with Gasteiger partial charge in [-0.1, -0.05) is 18.2 Å². The molecule has 3 N–H and O–H groups in total. The molecule has 4 rings (SSSR count). The van der Waals surface area contributed by atoms with Gasteiger partial charge in [-0.3, -0.25) is 14.4 Å². The summed E-state index contributed by atoms with van der Waals surface area (Å²) < 4.78 is 5.54. The number of hydrogen-bond acceptors (Lipinski definition) is 6. The molecule has 3 aromatic carbocycles. The average molecular weight is 473 g/mol. The first-order valence-corrected chi connectivity index (χ1v) is 11.4. The molecule has 0 aromatic heterocycles. The van der Waals surface area contributed by atoms with Crippen LogP contribution in [0.25, 0.3) is 0 Å². The molecule has 8 nitrogen and oxygen atoms in total. The smallest absolute Gasteiger partial charge is 0.265 e. The van der Waals surface area contributed by atoms with Gasteiger partial charge < -0.3 is 20.7 Å². The fraction of sp³-hybridized carbons (Fsp3) is 0.120. The SMILES string of the molecule is CC1Oc2ccc(NC(=O)c3ccccc3SCC(=O)Nc3cccc(C#N)c3)cc2NC1=O. The van der Waals surface area contributed by atoms with Crippen LogP contribution in [0.1, 0.15) is 22.8 Å². The fourth-order valence-electron chi connectivity index (χ4n) is 3.27. The van der Waals surface area contributed by atoms with Gasteiger partial charge >= 0.3 is 0 Å². The van der Waals surface area contributed by atoms with Crippen LogP contribution in [0.5, 0.6) is 5.75 Å². The Balaban J connectivity index is 1.41. The summed E-state index contributed by atoms with van der Waals surface area (Å²) in [5, 5.41) is 17.3. The molecule has 3 amide bonds. The zero-order valence-electron chi connectivity index (χ0n) is 18.1. The number of amides is 3. The summed E-state index contributed by atoms with van der Waals surface area (Å²) >= 11 is 1.23. The number of thioether (sulfide) groups is 1. The van der Waals surface area contributed by atoms with Crippen molar-refractivity contribution >= 4 is 46.5 Å². The molecule has 1 aliphatic rings. The molecule has 170 valence electrons. The quantitative estimate of drug-likeness (QED) is 0.461. The third-order valence-electron chi connectivity index (χ3n) is 4.93. The monoisotopic (exact) mass is 472 g/mol. The van der Waals surface area contributed by atoms with Gasteiger partial charge in [0.2, 0.25) is 5.91 Å². The van der Waals surface area contributed by atoms with Crippen LogP contribution >= 0.6 is 11.8 Å². The van der Waals surface area contributed by atoms with Gasteiger partial charge in [-0.25, -0.2) is 0 Å². The van der Waals surface area contributed by atoms with E-state index in [2.05, 4.69) is 16.0 Å². The van der Waals surface area contributed by atoms with Crippen molar-refractivity contribution in [3.05, 3.63) is 77.9 Å². The highest BCUT2D eigenvalue weighted by Gasteiger charge is 2.24. The number of fused-ring (bicyclic) bond motifs is 1. The van der Waals surface area contributed by atoms with Gasteiger partial charge in [-0.2, -0.15) is 5.26 Å². The van der Waals surface area contributed by atoms with Crippen molar-refractivity contribution in [2.75, 3.05) is 21.7 Å². The summed E-state index contributed by atoms with van der Waals surface area (Å²) in [4.78, 5) is 37.8. The van der Waals surface area contributed by atoms with Crippen molar-refractivity contribution in [3.8, 4) is 11.8 Å². The Morgan fingerprint density at radius 2 is 1.85 bits per heavy atom. The molecule has 0 bridgehead atoms. The highest BCUT2D eigenvalue weighted by Crippen LogP contribution is 2.32. The van der Waals surface area contributed by atoms with Crippen LogP contribution < -0.4 is 20.7 Å². The Kier molecular flexibility index (Phi) is 6.80. The Morgan fingerprint density at radius 1 is 1.06 bits per heavy atom. The number of nitrogens with zero attached hydrogens (tertiary/aromatic N) is 1. The lowest BCUT2D eigenvalue weighted by atomic mass is 10.2. The predicted octanol–water partition coefficient (Wildman–Crippen LogP) is 4.26. The summed E-state index contributed by atoms with van der Waals surface area (Å²) in [5.74, 6) is -0.235. The fourth-order valence-corrected chi connectivity index (χ4v) is 4.12. The minimum Gasteiger partial charge on any atom is -0.479 e. The van der Waals surface area contributed by atoms with Crippen LogP contribution in [-0.2, 0) is 9.59 Å². The molecule has 3 aromatic rings. The maximum Gasteiger partial charge on any atom is 0.265 e. The summed E-state index contributed by atoms with van der Waals surface area (Å²) in [6.07, 6.45) is -0.579. The molecule has 34 heavy (non-hydrogen) atoms. The van der Waals surface area contributed by atoms with E-state index < -0.39 is 6.10 Å². The Labute approximate surface area is 200 Å². The lowest BCUT2D eigenvalue weighted by Crippen LogP contribution is -2.34. The highest BCUT2D eigenvalue weighted by molar-refractivity contribution is 8.00. The summed E-state index contributed by atoms with van der Waals surface area (Å²) in [6, 6.07) is 20.7. The maximum absolute atomic E-state index is 13.0. The van der Waals surface area contributed by atoms with Gasteiger partial charge in [-0.15, -0.1) is 11.8 Å². The Morgan fingerprint density at radius 3 is 2.68 bits per heavy atom. The second kappa shape index (κ2) is 10.1. The standard InChI is InChI=1S/C25H20N4O4S/c1-15-24(31)29-20-12-18(9-10-21(20)33-15)28-25(32)19-7-2-3-8-22(19)34-14-23(30)27-17-6-4-5-16(11-17)13-26/h2-12,15H,14H2,1H3,(H,27,30)(H,28,32)(H,29,31). The minimum absolute atomic E-state index is 0.0848. The molecule has 0 spiro atoms. The van der Waals surface area contributed by atoms with Gasteiger partial charge in [0.05, 0.1) is 28.6 Å². The molecular weight excluding hydrogens is 452 g/mol. The molecule has 0 radical (unpaired) electrons. The van der Waals surface area contributed by atoms with Crippen molar-refractivity contribution in [3.63, 3.8) is 0 Å². The second-order valence-electron chi connectivity index (χ2n) is 7.44. The van der Waals surface area contributed by atoms with Gasteiger partial charge in [0.15, 0.2) is 6.10 Å². The highest BCUT2D eigenvalue weighted by atomic mass is 32.2. The molecule has 0 saturated heterocycles. The lowest BCUT2D eigenvalue weighted by molar-refractivity contribution is -0.122. The molecule has 1 unspecified atom stereocenters. The van der Waals surface area contributed by atoms with E-state index in [-0.39, 0.29) is 23.5 Å². The third kappa shape index (κ3) is 5.36. The van der Waals surface area contributed by atoms with E-state index in [9.17, 15) is 14.4 Å². The lowest BCUT2D eigenvalue weighted by Gasteiger charge is -2.23. The van der Waals surface area contributed by atoms with Crippen molar-refractivity contribution in [2.45, 2.75) is 17.9 Å². The van der Waals surface area contributed by atoms with E-state index in [1.165, 1.54) is 11.8 Å². The molecule has 0 aliphatic carbocycles. The van der Waals surface area contributed by atoms with Gasteiger partial charge in [0.1, 0.15) is 5.75 Å². The number of carbonyl (C=O) groups is 3. The van der Waals surface area contributed by atoms with E-state index in [4.69, 9.17) is 10.00 Å². The zero-order valence-corrected chi connectivity index (χ0v) is 18.9. The van der Waals surface area contributed by atoms with Crippen molar-refractivity contribution in [1.82, 2.24) is 0 Å². The number of ether oxygens (including phenoxy) is 1. The van der Waals surface area contributed by atoms with Gasteiger partial charge in [0.25, 0.3) is 11.8 Å². The number of carbonyl (C=O) groups excluding carboxylic acids is 3. The van der Waals surface area contributed by atoms with E-state index in [0.29, 0.717) is 38.8 Å². The number of anilines is 3. The van der Waals surface area contributed by atoms with E-state index in [1.807, 2.05) is 6.07 Å².